The molecule has 1 aliphatic heterocycles. The van der Waals surface area contributed by atoms with Crippen LogP contribution in [-0.2, 0) is 9.59 Å². The van der Waals surface area contributed by atoms with Gasteiger partial charge in [-0.05, 0) is 54.6 Å². The predicted octanol–water partition coefficient (Wildman–Crippen LogP) is 4.50. The van der Waals surface area contributed by atoms with Crippen LogP contribution in [-0.4, -0.2) is 22.0 Å². The molecule has 0 saturated carbocycles. The maximum absolute atomic E-state index is 12.9. The summed E-state index contributed by atoms with van der Waals surface area (Å²) in [6.45, 7) is 0. The van der Waals surface area contributed by atoms with Crippen molar-refractivity contribution in [3.63, 3.8) is 0 Å². The van der Waals surface area contributed by atoms with Crippen molar-refractivity contribution in [3.8, 4) is 11.5 Å². The Labute approximate surface area is 176 Å². The molecule has 0 bridgehead atoms. The largest absolute Gasteiger partial charge is 0.436 e. The summed E-state index contributed by atoms with van der Waals surface area (Å²) >= 11 is 1.36. The van der Waals surface area contributed by atoms with Crippen LogP contribution in [0.1, 0.15) is 6.42 Å². The molecule has 0 aliphatic carbocycles. The summed E-state index contributed by atoms with van der Waals surface area (Å²) in [6, 6.07) is 22.0. The van der Waals surface area contributed by atoms with Gasteiger partial charge in [0.05, 0.1) is 10.9 Å². The van der Waals surface area contributed by atoms with Crippen LogP contribution in [0.2, 0.25) is 0 Å². The molecule has 2 N–H and O–H groups in total. The summed E-state index contributed by atoms with van der Waals surface area (Å²) in [7, 11) is 0. The molecule has 7 heteroatoms. The summed E-state index contributed by atoms with van der Waals surface area (Å²) in [5, 5.41) is -0.462. The molecule has 3 aromatic carbocycles. The Morgan fingerprint density at radius 3 is 2.57 bits per heavy atom. The van der Waals surface area contributed by atoms with Crippen molar-refractivity contribution < 1.29 is 14.0 Å². The van der Waals surface area contributed by atoms with E-state index in [1.165, 1.54) is 16.7 Å². The Hall–Kier alpha value is -3.58. The van der Waals surface area contributed by atoms with Crippen LogP contribution in [0, 0.1) is 0 Å². The quantitative estimate of drug-likeness (QED) is 0.390. The lowest BCUT2D eigenvalue weighted by atomic mass is 10.2. The molecule has 4 aromatic rings. The number of para-hydroxylation sites is 2. The molecular weight excluding hydrogens is 398 g/mol. The molecule has 5 rings (SSSR count). The van der Waals surface area contributed by atoms with E-state index in [1.54, 1.807) is 36.4 Å². The SMILES string of the molecule is Nc1cccc(S[C@H]2CC(=O)N(c3ccc(-c4nc5ccccc5o4)cc3)C2=O)c1. The van der Waals surface area contributed by atoms with Gasteiger partial charge < -0.3 is 10.2 Å². The Morgan fingerprint density at radius 1 is 1.00 bits per heavy atom. The van der Waals surface area contributed by atoms with E-state index in [9.17, 15) is 9.59 Å². The van der Waals surface area contributed by atoms with E-state index in [0.717, 1.165) is 16.0 Å². The predicted molar refractivity (Wildman–Crippen MR) is 117 cm³/mol. The molecule has 2 heterocycles. The summed E-state index contributed by atoms with van der Waals surface area (Å²) in [6.07, 6.45) is 0.158. The zero-order valence-corrected chi connectivity index (χ0v) is 16.6. The van der Waals surface area contributed by atoms with Gasteiger partial charge in [-0.1, -0.05) is 18.2 Å². The lowest BCUT2D eigenvalue weighted by Crippen LogP contribution is -2.31. The third kappa shape index (κ3) is 3.33. The number of hydrogen-bond acceptors (Lipinski definition) is 6. The third-order valence-corrected chi connectivity index (χ3v) is 6.09. The van der Waals surface area contributed by atoms with E-state index in [2.05, 4.69) is 4.98 Å². The molecule has 1 aromatic heterocycles. The number of oxazole rings is 1. The van der Waals surface area contributed by atoms with E-state index in [4.69, 9.17) is 10.2 Å². The van der Waals surface area contributed by atoms with Crippen LogP contribution in [0.15, 0.2) is 82.1 Å². The third-order valence-electron chi connectivity index (χ3n) is 4.91. The lowest BCUT2D eigenvalue weighted by molar-refractivity contribution is -0.121. The number of hydrogen-bond donors (Lipinski definition) is 1. The van der Waals surface area contributed by atoms with Crippen molar-refractivity contribution in [2.24, 2.45) is 0 Å². The number of thioether (sulfide) groups is 1. The second kappa shape index (κ2) is 7.35. The first-order valence-electron chi connectivity index (χ1n) is 9.43. The molecule has 0 unspecified atom stereocenters. The minimum atomic E-state index is -0.462. The number of nitrogen functional groups attached to an aromatic ring is 1. The van der Waals surface area contributed by atoms with Gasteiger partial charge >= 0.3 is 0 Å². The minimum absolute atomic E-state index is 0.158. The number of fused-ring (bicyclic) bond motifs is 1. The molecular formula is C23H17N3O3S. The minimum Gasteiger partial charge on any atom is -0.436 e. The van der Waals surface area contributed by atoms with Gasteiger partial charge in [0.15, 0.2) is 5.58 Å². The highest BCUT2D eigenvalue weighted by molar-refractivity contribution is 8.00. The fourth-order valence-electron chi connectivity index (χ4n) is 3.47. The maximum Gasteiger partial charge on any atom is 0.247 e. The van der Waals surface area contributed by atoms with Gasteiger partial charge in [-0.15, -0.1) is 11.8 Å². The number of nitrogens with zero attached hydrogens (tertiary/aromatic N) is 2. The van der Waals surface area contributed by atoms with E-state index in [1.807, 2.05) is 36.4 Å². The smallest absolute Gasteiger partial charge is 0.247 e. The fourth-order valence-corrected chi connectivity index (χ4v) is 4.59. The zero-order valence-electron chi connectivity index (χ0n) is 15.8. The Balaban J connectivity index is 1.37. The Bertz CT molecular complexity index is 1230. The van der Waals surface area contributed by atoms with Crippen molar-refractivity contribution in [1.82, 2.24) is 4.98 Å². The number of benzene rings is 3. The Morgan fingerprint density at radius 2 is 1.80 bits per heavy atom. The number of nitrogens with two attached hydrogens (primary N) is 1. The normalized spacial score (nSPS) is 16.5. The molecule has 1 fully saturated rings. The van der Waals surface area contributed by atoms with Gasteiger partial charge in [0.2, 0.25) is 17.7 Å². The second-order valence-corrected chi connectivity index (χ2v) is 8.26. The van der Waals surface area contributed by atoms with Gasteiger partial charge in [0, 0.05) is 22.6 Å². The van der Waals surface area contributed by atoms with E-state index in [0.29, 0.717) is 22.8 Å². The number of imide groups is 1. The first kappa shape index (κ1) is 18.4. The van der Waals surface area contributed by atoms with Gasteiger partial charge in [0.25, 0.3) is 0 Å². The highest BCUT2D eigenvalue weighted by Gasteiger charge is 2.40. The number of amides is 2. The standard InChI is InChI=1S/C23H17N3O3S/c24-15-4-3-5-17(12-15)30-20-13-21(27)26(23(20)28)16-10-8-14(9-11-16)22-25-18-6-1-2-7-19(18)29-22/h1-12,20H,13,24H2/t20-/m0/s1. The Kier molecular flexibility index (Phi) is 4.52. The monoisotopic (exact) mass is 415 g/mol. The van der Waals surface area contributed by atoms with Crippen molar-refractivity contribution in [3.05, 3.63) is 72.8 Å². The van der Waals surface area contributed by atoms with Crippen molar-refractivity contribution in [2.45, 2.75) is 16.6 Å². The van der Waals surface area contributed by atoms with Gasteiger partial charge in [-0.2, -0.15) is 0 Å². The van der Waals surface area contributed by atoms with Crippen molar-refractivity contribution >= 4 is 46.1 Å². The van der Waals surface area contributed by atoms with Gasteiger partial charge in [-0.25, -0.2) is 9.88 Å². The molecule has 6 nitrogen and oxygen atoms in total. The summed E-state index contributed by atoms with van der Waals surface area (Å²) in [4.78, 5) is 32.1. The fraction of sp³-hybridized carbons (Fsp3) is 0.0870. The summed E-state index contributed by atoms with van der Waals surface area (Å²) in [5.41, 5.74) is 9.25. The topological polar surface area (TPSA) is 89.4 Å². The molecule has 1 aliphatic rings. The lowest BCUT2D eigenvalue weighted by Gasteiger charge is -2.15. The van der Waals surface area contributed by atoms with Gasteiger partial charge in [-0.3, -0.25) is 9.59 Å². The molecule has 0 spiro atoms. The first-order chi connectivity index (χ1) is 14.6. The molecule has 1 saturated heterocycles. The average molecular weight is 415 g/mol. The molecule has 0 radical (unpaired) electrons. The van der Waals surface area contributed by atoms with E-state index in [-0.39, 0.29) is 18.2 Å². The van der Waals surface area contributed by atoms with Gasteiger partial charge in [0.1, 0.15) is 5.52 Å². The van der Waals surface area contributed by atoms with Crippen LogP contribution in [0.4, 0.5) is 11.4 Å². The molecule has 30 heavy (non-hydrogen) atoms. The maximum atomic E-state index is 12.9. The van der Waals surface area contributed by atoms with E-state index >= 15 is 0 Å². The molecule has 148 valence electrons. The van der Waals surface area contributed by atoms with Crippen LogP contribution in [0.5, 0.6) is 0 Å². The highest BCUT2D eigenvalue weighted by atomic mass is 32.2. The molecule has 2 amide bonds. The van der Waals surface area contributed by atoms with Crippen LogP contribution in [0.3, 0.4) is 0 Å². The average Bonchev–Trinajstić information content (AvgIpc) is 3.29. The van der Waals surface area contributed by atoms with Crippen molar-refractivity contribution in [1.29, 1.82) is 0 Å². The zero-order chi connectivity index (χ0) is 20.7. The van der Waals surface area contributed by atoms with Crippen LogP contribution >= 0.6 is 11.8 Å². The number of aromatic nitrogens is 1. The number of rotatable bonds is 4. The first-order valence-corrected chi connectivity index (χ1v) is 10.3. The van der Waals surface area contributed by atoms with Crippen LogP contribution in [0.25, 0.3) is 22.6 Å². The second-order valence-electron chi connectivity index (χ2n) is 6.98. The summed E-state index contributed by atoms with van der Waals surface area (Å²) < 4.78 is 5.78. The number of carbonyl (C=O) groups excluding carboxylic acids is 2. The molecule has 1 atom stereocenters. The van der Waals surface area contributed by atoms with Crippen LogP contribution < -0.4 is 10.6 Å². The van der Waals surface area contributed by atoms with Crippen molar-refractivity contribution in [2.75, 3.05) is 10.6 Å². The number of carbonyl (C=O) groups is 2. The highest BCUT2D eigenvalue weighted by Crippen LogP contribution is 2.35. The number of anilines is 2. The summed E-state index contributed by atoms with van der Waals surface area (Å²) in [5.74, 6) is 0.0648. The van der Waals surface area contributed by atoms with E-state index < -0.39 is 5.25 Å².